The summed E-state index contributed by atoms with van der Waals surface area (Å²) < 4.78 is 0. The van der Waals surface area contributed by atoms with Crippen LogP contribution in [0.5, 0.6) is 0 Å². The van der Waals surface area contributed by atoms with Gasteiger partial charge in [0.25, 0.3) is 0 Å². The normalized spacial score (nSPS) is 24.6. The van der Waals surface area contributed by atoms with E-state index in [0.717, 1.165) is 17.0 Å². The molecule has 0 atom stereocenters. The fourth-order valence-corrected chi connectivity index (χ4v) is 13.4. The van der Waals surface area contributed by atoms with Crippen LogP contribution in [0.2, 0.25) is 0 Å². The Hall–Kier alpha value is 1.44. The standard InChI is InChI=1S/C21H38P.2ClH.Pt/c1-2-18-22(19-12-6-3-7-13-19,20-14-8-4-9-15-20)21-16-10-5-11-17-21;;;/h2,19-21H,1,3-18H2;2*1H;/q+1;;;+2/p-2. The number of hydrogen-bond acceptors (Lipinski definition) is 0. The van der Waals surface area contributed by atoms with Crippen molar-refractivity contribution >= 4 is 26.1 Å². The second-order valence-corrected chi connectivity index (χ2v) is 16.2. The van der Waals surface area contributed by atoms with E-state index < -0.39 is 23.7 Å². The monoisotopic (exact) mass is 586 g/mol. The molecule has 0 aromatic rings. The van der Waals surface area contributed by atoms with Gasteiger partial charge in [0, 0.05) is 7.26 Å². The van der Waals surface area contributed by atoms with Crippen molar-refractivity contribution in [1.29, 1.82) is 0 Å². The van der Waals surface area contributed by atoms with Gasteiger partial charge in [-0.25, -0.2) is 0 Å². The zero-order valence-electron chi connectivity index (χ0n) is 15.8. The van der Waals surface area contributed by atoms with Gasteiger partial charge in [-0.3, -0.25) is 0 Å². The van der Waals surface area contributed by atoms with E-state index in [1.54, 1.807) is 38.5 Å². The summed E-state index contributed by atoms with van der Waals surface area (Å²) in [7, 11) is 8.91. The Morgan fingerprint density at radius 1 is 0.680 bits per heavy atom. The second-order valence-electron chi connectivity index (χ2n) is 8.39. The maximum atomic E-state index is 4.88. The Bertz CT molecular complexity index is 313. The van der Waals surface area contributed by atoms with E-state index in [9.17, 15) is 0 Å². The summed E-state index contributed by atoms with van der Waals surface area (Å²) in [5.74, 6) is 0. The third-order valence-electron chi connectivity index (χ3n) is 7.21. The zero-order chi connectivity index (χ0) is 18.0. The number of rotatable bonds is 5. The van der Waals surface area contributed by atoms with Gasteiger partial charge >= 0.3 is 35.3 Å². The van der Waals surface area contributed by atoms with E-state index in [2.05, 4.69) is 12.7 Å². The van der Waals surface area contributed by atoms with Crippen molar-refractivity contribution in [1.82, 2.24) is 0 Å². The van der Waals surface area contributed by atoms with Crippen LogP contribution in [0.25, 0.3) is 0 Å². The van der Waals surface area contributed by atoms with Gasteiger partial charge in [0.2, 0.25) is 0 Å². The molecule has 150 valence electrons. The predicted molar refractivity (Wildman–Crippen MR) is 114 cm³/mol. The summed E-state index contributed by atoms with van der Waals surface area (Å²) in [6.45, 7) is 4.26. The number of halogens is 2. The van der Waals surface area contributed by atoms with Crippen molar-refractivity contribution in [3.8, 4) is 0 Å². The summed E-state index contributed by atoms with van der Waals surface area (Å²) in [6.07, 6.45) is 27.0. The van der Waals surface area contributed by atoms with Crippen molar-refractivity contribution in [3.05, 3.63) is 12.7 Å². The van der Waals surface area contributed by atoms with Gasteiger partial charge in [-0.1, -0.05) is 31.9 Å². The van der Waals surface area contributed by atoms with Crippen LogP contribution in [0.4, 0.5) is 0 Å². The van der Waals surface area contributed by atoms with E-state index in [4.69, 9.17) is 18.8 Å². The fourth-order valence-electron chi connectivity index (χ4n) is 6.25. The second kappa shape index (κ2) is 12.8. The van der Waals surface area contributed by atoms with E-state index in [1.807, 2.05) is 0 Å². The summed E-state index contributed by atoms with van der Waals surface area (Å²) >= 11 is -0.472. The van der Waals surface area contributed by atoms with Crippen molar-refractivity contribution in [2.45, 2.75) is 113 Å². The molecule has 3 fully saturated rings. The van der Waals surface area contributed by atoms with Crippen molar-refractivity contribution in [2.24, 2.45) is 0 Å². The molecule has 0 saturated heterocycles. The quantitative estimate of drug-likeness (QED) is 0.223. The molecule has 0 aliphatic heterocycles. The average molecular weight is 587 g/mol. The Morgan fingerprint density at radius 3 is 1.20 bits per heavy atom. The van der Waals surface area contributed by atoms with Crippen LogP contribution in [0.1, 0.15) is 96.3 Å². The molecule has 0 nitrogen and oxygen atoms in total. The van der Waals surface area contributed by atoms with Crippen molar-refractivity contribution in [2.75, 3.05) is 6.16 Å². The van der Waals surface area contributed by atoms with E-state index >= 15 is 0 Å². The first kappa shape index (κ1) is 22.7. The zero-order valence-corrected chi connectivity index (χ0v) is 20.5. The van der Waals surface area contributed by atoms with Crippen molar-refractivity contribution < 1.29 is 16.5 Å². The minimum atomic E-state index is -0.840. The molecule has 0 radical (unpaired) electrons. The Morgan fingerprint density at radius 2 is 0.960 bits per heavy atom. The summed E-state index contributed by atoms with van der Waals surface area (Å²) in [6, 6.07) is 0. The molecule has 0 bridgehead atoms. The van der Waals surface area contributed by atoms with Gasteiger partial charge in [-0.15, -0.1) is 0 Å². The Labute approximate surface area is 174 Å². The van der Waals surface area contributed by atoms with Crippen LogP contribution in [0.3, 0.4) is 0 Å². The van der Waals surface area contributed by atoms with Crippen LogP contribution in [0.15, 0.2) is 12.7 Å². The molecule has 3 saturated carbocycles. The van der Waals surface area contributed by atoms with Gasteiger partial charge in [0.15, 0.2) is 0 Å². The summed E-state index contributed by atoms with van der Waals surface area (Å²) in [5, 5.41) is 0. The van der Waals surface area contributed by atoms with Gasteiger partial charge in [-0.2, -0.15) is 0 Å². The topological polar surface area (TPSA) is 0 Å². The summed E-state index contributed by atoms with van der Waals surface area (Å²) in [5.41, 5.74) is 3.39. The molecule has 4 heteroatoms. The van der Waals surface area contributed by atoms with Gasteiger partial charge in [-0.05, 0) is 77.0 Å². The SMILES string of the molecule is C=CC[P+](C1CCCCC1)(C1CCCCC1)C1CCCCC1.[Cl][Pt][Cl]. The Kier molecular flexibility index (Phi) is 11.6. The number of hydrogen-bond donors (Lipinski definition) is 0. The molecule has 0 N–H and O–H groups in total. The molecule has 0 aromatic heterocycles. The fraction of sp³-hybridized carbons (Fsp3) is 0.905. The van der Waals surface area contributed by atoms with Crippen LogP contribution in [-0.4, -0.2) is 23.1 Å². The van der Waals surface area contributed by atoms with E-state index in [1.165, 1.54) is 63.9 Å². The molecule has 0 heterocycles. The molecule has 3 aliphatic rings. The van der Waals surface area contributed by atoms with Gasteiger partial charge in [0.05, 0.1) is 23.1 Å². The number of allylic oxidation sites excluding steroid dienone is 1. The molecular formula is C21H38Cl2PPt+. The minimum absolute atomic E-state index is 0.472. The van der Waals surface area contributed by atoms with Crippen LogP contribution >= 0.6 is 26.1 Å². The first-order valence-corrected chi connectivity index (χ1v) is 18.4. The molecule has 25 heavy (non-hydrogen) atoms. The van der Waals surface area contributed by atoms with Crippen LogP contribution < -0.4 is 0 Å². The maximum absolute atomic E-state index is 4.88. The Balaban J connectivity index is 0.000000701. The third-order valence-corrected chi connectivity index (χ3v) is 13.7. The third kappa shape index (κ3) is 6.21. The molecule has 0 aromatic carbocycles. The van der Waals surface area contributed by atoms with Crippen LogP contribution in [-0.2, 0) is 16.5 Å². The van der Waals surface area contributed by atoms with Gasteiger partial charge < -0.3 is 0 Å². The molecular weight excluding hydrogens is 549 g/mol. The average Bonchev–Trinajstić information content (AvgIpc) is 2.69. The van der Waals surface area contributed by atoms with Gasteiger partial charge in [0.1, 0.15) is 0 Å². The molecule has 0 unspecified atom stereocenters. The van der Waals surface area contributed by atoms with Crippen LogP contribution in [0, 0.1) is 0 Å². The molecule has 3 aliphatic carbocycles. The molecule has 0 amide bonds. The van der Waals surface area contributed by atoms with E-state index in [-0.39, 0.29) is 0 Å². The first-order chi connectivity index (χ1) is 12.3. The molecule has 3 rings (SSSR count). The first-order valence-electron chi connectivity index (χ1n) is 10.6. The summed E-state index contributed by atoms with van der Waals surface area (Å²) in [4.78, 5) is 0. The predicted octanol–water partition coefficient (Wildman–Crippen LogP) is 8.56. The molecule has 0 spiro atoms. The van der Waals surface area contributed by atoms with E-state index in [0.29, 0.717) is 0 Å². The van der Waals surface area contributed by atoms with Crippen molar-refractivity contribution in [3.63, 3.8) is 0 Å².